The van der Waals surface area contributed by atoms with Crippen LogP contribution in [0.25, 0.3) is 17.0 Å². The Bertz CT molecular complexity index is 1500. The molecular weight excluding hydrogens is 478 g/mol. The fraction of sp³-hybridized carbons (Fsp3) is 0.143. The molecule has 1 aromatic heterocycles. The first-order chi connectivity index (χ1) is 16.9. The molecular formula is C28H24ClN3O2S. The van der Waals surface area contributed by atoms with Gasteiger partial charge in [-0.05, 0) is 73.1 Å². The van der Waals surface area contributed by atoms with Gasteiger partial charge in [-0.15, -0.1) is 0 Å². The van der Waals surface area contributed by atoms with Crippen LogP contribution in [0.3, 0.4) is 0 Å². The lowest BCUT2D eigenvalue weighted by atomic mass is 10.1. The van der Waals surface area contributed by atoms with Crippen LogP contribution in [0.1, 0.15) is 22.4 Å². The summed E-state index contributed by atoms with van der Waals surface area (Å²) in [5, 5.41) is 5.25. The van der Waals surface area contributed by atoms with Gasteiger partial charge in [0.1, 0.15) is 11.4 Å². The van der Waals surface area contributed by atoms with Crippen LogP contribution in [0, 0.1) is 13.8 Å². The van der Waals surface area contributed by atoms with Gasteiger partial charge in [0.25, 0.3) is 5.91 Å². The number of amidine groups is 1. The molecule has 0 unspecified atom stereocenters. The lowest BCUT2D eigenvalue weighted by Crippen LogP contribution is -2.19. The topological polar surface area (TPSA) is 55.6 Å². The number of halogens is 1. The van der Waals surface area contributed by atoms with Crippen LogP contribution in [0.15, 0.2) is 76.6 Å². The van der Waals surface area contributed by atoms with Crippen molar-refractivity contribution in [2.45, 2.75) is 20.4 Å². The molecule has 1 amide bonds. The van der Waals surface area contributed by atoms with E-state index in [2.05, 4.69) is 33.9 Å². The number of aromatic nitrogens is 1. The number of hydrogen-bond acceptors (Lipinski definition) is 4. The summed E-state index contributed by atoms with van der Waals surface area (Å²) in [5.74, 6) is 0.505. The molecule has 0 aliphatic carbocycles. The highest BCUT2D eigenvalue weighted by molar-refractivity contribution is 8.18. The summed E-state index contributed by atoms with van der Waals surface area (Å²) < 4.78 is 7.70. The number of amides is 1. The van der Waals surface area contributed by atoms with Gasteiger partial charge in [0.15, 0.2) is 5.17 Å². The number of para-hydroxylation sites is 1. The molecule has 0 radical (unpaired) electrons. The van der Waals surface area contributed by atoms with E-state index in [9.17, 15) is 4.79 Å². The van der Waals surface area contributed by atoms with E-state index in [0.29, 0.717) is 28.1 Å². The van der Waals surface area contributed by atoms with E-state index in [1.165, 1.54) is 11.8 Å². The zero-order valence-corrected chi connectivity index (χ0v) is 21.2. The highest BCUT2D eigenvalue weighted by Gasteiger charge is 2.25. The molecule has 0 saturated carbocycles. The van der Waals surface area contributed by atoms with E-state index in [0.717, 1.165) is 38.3 Å². The maximum absolute atomic E-state index is 12.8. The van der Waals surface area contributed by atoms with E-state index < -0.39 is 0 Å². The minimum Gasteiger partial charge on any atom is -0.494 e. The van der Waals surface area contributed by atoms with E-state index in [4.69, 9.17) is 16.3 Å². The van der Waals surface area contributed by atoms with Crippen molar-refractivity contribution < 1.29 is 9.53 Å². The van der Waals surface area contributed by atoms with Crippen molar-refractivity contribution in [3.63, 3.8) is 0 Å². The number of nitrogens with zero attached hydrogens (tertiary/aromatic N) is 2. The number of benzene rings is 3. The standard InChI is InChI=1S/C28H24ClN3O2S/c1-17-8-13-25(34-3)23(14-17)30-28-31-27(33)26(35-28)15-22-18(2)32(24-7-5-4-6-21(22)24)16-19-9-11-20(29)12-10-19/h4-15H,16H2,1-3H3,(H,30,31,33)/b26-15-. The molecule has 1 aliphatic rings. The van der Waals surface area contributed by atoms with Gasteiger partial charge in [-0.25, -0.2) is 4.99 Å². The Morgan fingerprint density at radius 1 is 1.09 bits per heavy atom. The number of thioether (sulfide) groups is 1. The Hall–Kier alpha value is -3.48. The molecule has 1 aliphatic heterocycles. The van der Waals surface area contributed by atoms with Gasteiger partial charge >= 0.3 is 0 Å². The minimum atomic E-state index is -0.158. The van der Waals surface area contributed by atoms with Crippen LogP contribution in [0.4, 0.5) is 5.69 Å². The van der Waals surface area contributed by atoms with Crippen LogP contribution >= 0.6 is 23.4 Å². The summed E-state index contributed by atoms with van der Waals surface area (Å²) in [4.78, 5) is 18.1. The minimum absolute atomic E-state index is 0.158. The fourth-order valence-electron chi connectivity index (χ4n) is 4.22. The predicted octanol–water partition coefficient (Wildman–Crippen LogP) is 6.86. The third kappa shape index (κ3) is 4.72. The van der Waals surface area contributed by atoms with Crippen molar-refractivity contribution >= 4 is 57.1 Å². The molecule has 1 saturated heterocycles. The number of carbonyl (C=O) groups excluding carboxylic acids is 1. The summed E-state index contributed by atoms with van der Waals surface area (Å²) >= 11 is 7.41. The lowest BCUT2D eigenvalue weighted by Gasteiger charge is -2.09. The largest absolute Gasteiger partial charge is 0.494 e. The van der Waals surface area contributed by atoms with Crippen LogP contribution < -0.4 is 10.1 Å². The number of carbonyl (C=O) groups is 1. The van der Waals surface area contributed by atoms with E-state index in [1.807, 2.05) is 67.6 Å². The number of rotatable bonds is 5. The number of fused-ring (bicyclic) bond motifs is 1. The van der Waals surface area contributed by atoms with Crippen LogP contribution in [-0.4, -0.2) is 22.8 Å². The molecule has 1 fully saturated rings. The molecule has 2 heterocycles. The second-order valence-electron chi connectivity index (χ2n) is 8.39. The molecule has 4 aromatic rings. The number of ether oxygens (including phenoxy) is 1. The van der Waals surface area contributed by atoms with Gasteiger partial charge in [0, 0.05) is 33.7 Å². The fourth-order valence-corrected chi connectivity index (χ4v) is 5.17. The molecule has 0 atom stereocenters. The van der Waals surface area contributed by atoms with Crippen LogP contribution in [0.5, 0.6) is 5.75 Å². The van der Waals surface area contributed by atoms with Gasteiger partial charge in [-0.2, -0.15) is 0 Å². The number of aliphatic imine (C=N–C) groups is 1. The SMILES string of the molecule is COc1ccc(C)cc1N=C1NC(=O)/C(=C/c2c(C)n(Cc3ccc(Cl)cc3)c3ccccc23)S1. The first-order valence-electron chi connectivity index (χ1n) is 11.2. The molecule has 35 heavy (non-hydrogen) atoms. The number of methoxy groups -OCH3 is 1. The number of aryl methyl sites for hydroxylation is 1. The highest BCUT2D eigenvalue weighted by atomic mass is 35.5. The summed E-state index contributed by atoms with van der Waals surface area (Å²) in [5.41, 5.74) is 6.15. The van der Waals surface area contributed by atoms with Crippen molar-refractivity contribution in [3.05, 3.63) is 99.0 Å². The molecule has 1 N–H and O–H groups in total. The zero-order chi connectivity index (χ0) is 24.5. The molecule has 5 rings (SSSR count). The van der Waals surface area contributed by atoms with Gasteiger partial charge in [0.2, 0.25) is 0 Å². The quantitative estimate of drug-likeness (QED) is 0.304. The monoisotopic (exact) mass is 501 g/mol. The zero-order valence-electron chi connectivity index (χ0n) is 19.6. The Labute approximate surface area is 213 Å². The maximum Gasteiger partial charge on any atom is 0.264 e. The van der Waals surface area contributed by atoms with Gasteiger partial charge in [-0.3, -0.25) is 4.79 Å². The summed E-state index contributed by atoms with van der Waals surface area (Å²) in [6, 6.07) is 21.9. The molecule has 3 aromatic carbocycles. The molecule has 176 valence electrons. The third-order valence-corrected chi connectivity index (χ3v) is 7.18. The second kappa shape index (κ2) is 9.64. The molecule has 5 nitrogen and oxygen atoms in total. The normalized spacial score (nSPS) is 15.8. The van der Waals surface area contributed by atoms with Gasteiger partial charge < -0.3 is 14.6 Å². The summed E-state index contributed by atoms with van der Waals surface area (Å²) in [6.07, 6.45) is 1.96. The third-order valence-electron chi connectivity index (χ3n) is 6.02. The van der Waals surface area contributed by atoms with Gasteiger partial charge in [-0.1, -0.05) is 48.0 Å². The van der Waals surface area contributed by atoms with Crippen LogP contribution in [-0.2, 0) is 11.3 Å². The van der Waals surface area contributed by atoms with Crippen molar-refractivity contribution in [1.29, 1.82) is 0 Å². The van der Waals surface area contributed by atoms with Crippen molar-refractivity contribution in [1.82, 2.24) is 9.88 Å². The van der Waals surface area contributed by atoms with E-state index in [1.54, 1.807) is 7.11 Å². The Kier molecular flexibility index (Phi) is 6.41. The molecule has 0 spiro atoms. The predicted molar refractivity (Wildman–Crippen MR) is 146 cm³/mol. The Morgan fingerprint density at radius 3 is 2.63 bits per heavy atom. The lowest BCUT2D eigenvalue weighted by molar-refractivity contribution is -0.115. The van der Waals surface area contributed by atoms with Crippen molar-refractivity contribution in [2.75, 3.05) is 7.11 Å². The van der Waals surface area contributed by atoms with Crippen molar-refractivity contribution in [3.8, 4) is 5.75 Å². The number of nitrogens with one attached hydrogen (secondary N) is 1. The van der Waals surface area contributed by atoms with Gasteiger partial charge in [0.05, 0.1) is 12.0 Å². The Morgan fingerprint density at radius 2 is 1.86 bits per heavy atom. The smallest absolute Gasteiger partial charge is 0.264 e. The van der Waals surface area contributed by atoms with E-state index >= 15 is 0 Å². The summed E-state index contributed by atoms with van der Waals surface area (Å²) in [6.45, 7) is 4.80. The Balaban J connectivity index is 1.52. The average molecular weight is 502 g/mol. The highest BCUT2D eigenvalue weighted by Crippen LogP contribution is 2.35. The summed E-state index contributed by atoms with van der Waals surface area (Å²) in [7, 11) is 1.61. The maximum atomic E-state index is 12.8. The van der Waals surface area contributed by atoms with E-state index in [-0.39, 0.29) is 5.91 Å². The second-order valence-corrected chi connectivity index (χ2v) is 9.85. The first kappa shape index (κ1) is 23.3. The average Bonchev–Trinajstić information content (AvgIpc) is 3.32. The van der Waals surface area contributed by atoms with Crippen LogP contribution in [0.2, 0.25) is 5.02 Å². The number of hydrogen-bond donors (Lipinski definition) is 1. The first-order valence-corrected chi connectivity index (χ1v) is 12.4. The molecule has 0 bridgehead atoms. The molecule has 7 heteroatoms. The van der Waals surface area contributed by atoms with Crippen molar-refractivity contribution in [2.24, 2.45) is 4.99 Å².